The van der Waals surface area contributed by atoms with Crippen molar-refractivity contribution in [3.05, 3.63) is 21.4 Å². The van der Waals surface area contributed by atoms with Crippen molar-refractivity contribution in [2.45, 2.75) is 63.7 Å². The van der Waals surface area contributed by atoms with Crippen LogP contribution in [0.15, 0.2) is 0 Å². The van der Waals surface area contributed by atoms with Crippen LogP contribution in [0, 0.1) is 5.92 Å². The van der Waals surface area contributed by atoms with Gasteiger partial charge in [-0.2, -0.15) is 0 Å². The van der Waals surface area contributed by atoms with Crippen molar-refractivity contribution in [3.63, 3.8) is 0 Å². The highest BCUT2D eigenvalue weighted by molar-refractivity contribution is 7.19. The van der Waals surface area contributed by atoms with Crippen LogP contribution < -0.4 is 0 Å². The second-order valence-electron chi connectivity index (χ2n) is 7.26. The summed E-state index contributed by atoms with van der Waals surface area (Å²) in [4.78, 5) is 23.6. The Morgan fingerprint density at radius 3 is 2.72 bits per heavy atom. The van der Waals surface area contributed by atoms with Crippen molar-refractivity contribution in [3.8, 4) is 0 Å². The molecule has 2 aliphatic rings. The molecule has 0 amide bonds. The summed E-state index contributed by atoms with van der Waals surface area (Å²) in [6.45, 7) is 0. The van der Waals surface area contributed by atoms with E-state index < -0.39 is 0 Å². The van der Waals surface area contributed by atoms with Crippen molar-refractivity contribution >= 4 is 39.1 Å². The molecule has 134 valence electrons. The van der Waals surface area contributed by atoms with E-state index in [1.54, 1.807) is 0 Å². The lowest BCUT2D eigenvalue weighted by Gasteiger charge is -2.27. The average Bonchev–Trinajstić information content (AvgIpc) is 3.01. The first-order valence-corrected chi connectivity index (χ1v) is 10.4. The molecule has 1 fully saturated rings. The zero-order valence-corrected chi connectivity index (χ0v) is 16.1. The number of aromatic nitrogens is 2. The molecule has 6 heteroatoms. The molecule has 2 aliphatic carbocycles. The summed E-state index contributed by atoms with van der Waals surface area (Å²) in [5, 5.41) is 1.74. The van der Waals surface area contributed by atoms with E-state index in [1.807, 2.05) is 11.3 Å². The van der Waals surface area contributed by atoms with E-state index in [4.69, 9.17) is 21.3 Å². The Kier molecular flexibility index (Phi) is 4.96. The Bertz CT molecular complexity index is 796. The van der Waals surface area contributed by atoms with Crippen LogP contribution in [0.4, 0.5) is 0 Å². The van der Waals surface area contributed by atoms with Crippen LogP contribution in [0.1, 0.15) is 67.1 Å². The molecular formula is C19H23ClN2O2S. The average molecular weight is 379 g/mol. The zero-order chi connectivity index (χ0) is 17.4. The fraction of sp³-hybridized carbons (Fsp3) is 0.632. The van der Waals surface area contributed by atoms with Gasteiger partial charge >= 0.3 is 5.97 Å². The molecule has 0 aliphatic heterocycles. The lowest BCUT2D eigenvalue weighted by Crippen LogP contribution is -2.18. The topological polar surface area (TPSA) is 52.1 Å². The zero-order valence-electron chi connectivity index (χ0n) is 14.5. The van der Waals surface area contributed by atoms with E-state index in [0.717, 1.165) is 54.6 Å². The van der Waals surface area contributed by atoms with Crippen LogP contribution in [0.5, 0.6) is 0 Å². The molecule has 25 heavy (non-hydrogen) atoms. The molecule has 0 radical (unpaired) electrons. The van der Waals surface area contributed by atoms with Crippen molar-refractivity contribution in [1.29, 1.82) is 0 Å². The van der Waals surface area contributed by atoms with E-state index in [1.165, 1.54) is 30.4 Å². The molecule has 0 unspecified atom stereocenters. The molecule has 4 nitrogen and oxygen atoms in total. The van der Waals surface area contributed by atoms with E-state index in [0.29, 0.717) is 23.4 Å². The van der Waals surface area contributed by atoms with Gasteiger partial charge in [0.15, 0.2) is 0 Å². The van der Waals surface area contributed by atoms with Crippen LogP contribution in [-0.4, -0.2) is 23.0 Å². The quantitative estimate of drug-likeness (QED) is 0.553. The van der Waals surface area contributed by atoms with Gasteiger partial charge in [0.2, 0.25) is 0 Å². The number of hydrogen-bond acceptors (Lipinski definition) is 5. The number of carbonyl (C=O) groups is 1. The minimum atomic E-state index is -0.103. The molecule has 0 aromatic carbocycles. The maximum Gasteiger partial charge on any atom is 0.305 e. The van der Waals surface area contributed by atoms with Crippen LogP contribution in [0.3, 0.4) is 0 Å². The first-order valence-electron chi connectivity index (χ1n) is 9.20. The van der Waals surface area contributed by atoms with Gasteiger partial charge in [0.05, 0.1) is 12.5 Å². The molecule has 1 saturated carbocycles. The fourth-order valence-electron chi connectivity index (χ4n) is 4.25. The van der Waals surface area contributed by atoms with Crippen LogP contribution in [-0.2, 0) is 22.4 Å². The molecule has 0 spiro atoms. The second kappa shape index (κ2) is 7.20. The van der Waals surface area contributed by atoms with Gasteiger partial charge in [0, 0.05) is 17.2 Å². The number of thiophene rings is 1. The Labute approximate surface area is 157 Å². The lowest BCUT2D eigenvalue weighted by atomic mass is 9.80. The van der Waals surface area contributed by atoms with Crippen LogP contribution in [0.2, 0.25) is 5.15 Å². The summed E-state index contributed by atoms with van der Waals surface area (Å²) < 4.78 is 4.79. The number of ether oxygens (including phenoxy) is 1. The van der Waals surface area contributed by atoms with Gasteiger partial charge < -0.3 is 4.74 Å². The second-order valence-corrected chi connectivity index (χ2v) is 8.70. The molecule has 2 heterocycles. The third-order valence-corrected chi connectivity index (χ3v) is 7.14. The number of methoxy groups -OCH3 is 1. The molecule has 2 aromatic rings. The maximum atomic E-state index is 11.5. The monoisotopic (exact) mass is 378 g/mol. The standard InChI is InChI=1S/C19H23ClN2O2S/c1-24-15(23)10-11-6-8-12(9-7-11)18-21-17(20)16-13-4-2-3-5-14(13)25-19(16)22-18/h11-12H,2-10H2,1H3. The van der Waals surface area contributed by atoms with Gasteiger partial charge in [-0.1, -0.05) is 11.6 Å². The predicted molar refractivity (Wildman–Crippen MR) is 100 cm³/mol. The number of hydrogen-bond donors (Lipinski definition) is 0. The smallest absolute Gasteiger partial charge is 0.305 e. The highest BCUT2D eigenvalue weighted by atomic mass is 35.5. The molecule has 0 saturated heterocycles. The largest absolute Gasteiger partial charge is 0.469 e. The number of halogens is 1. The van der Waals surface area contributed by atoms with Gasteiger partial charge in [-0.25, -0.2) is 9.97 Å². The summed E-state index contributed by atoms with van der Waals surface area (Å²) in [5.41, 5.74) is 1.39. The van der Waals surface area contributed by atoms with Gasteiger partial charge in [-0.15, -0.1) is 11.3 Å². The third-order valence-electron chi connectivity index (χ3n) is 5.68. The number of rotatable bonds is 3. The Balaban J connectivity index is 1.54. The summed E-state index contributed by atoms with van der Waals surface area (Å²) in [6, 6.07) is 0. The number of carbonyl (C=O) groups excluding carboxylic acids is 1. The lowest BCUT2D eigenvalue weighted by molar-refractivity contribution is -0.142. The van der Waals surface area contributed by atoms with Crippen molar-refractivity contribution in [1.82, 2.24) is 9.97 Å². The molecule has 0 N–H and O–H groups in total. The highest BCUT2D eigenvalue weighted by Gasteiger charge is 2.28. The maximum absolute atomic E-state index is 11.5. The van der Waals surface area contributed by atoms with E-state index in [2.05, 4.69) is 4.98 Å². The van der Waals surface area contributed by atoms with Crippen LogP contribution in [0.25, 0.3) is 10.2 Å². The molecule has 2 aromatic heterocycles. The molecular weight excluding hydrogens is 356 g/mol. The van der Waals surface area contributed by atoms with Gasteiger partial charge in [-0.05, 0) is 62.8 Å². The van der Waals surface area contributed by atoms with E-state index in [-0.39, 0.29) is 5.97 Å². The van der Waals surface area contributed by atoms with E-state index >= 15 is 0 Å². The minimum absolute atomic E-state index is 0.103. The summed E-state index contributed by atoms with van der Waals surface area (Å²) in [6.07, 6.45) is 9.39. The SMILES string of the molecule is COC(=O)CC1CCC(c2nc(Cl)c3c4c(sc3n2)CCCC4)CC1. The Hall–Kier alpha value is -1.20. The number of fused-ring (bicyclic) bond motifs is 3. The first-order chi connectivity index (χ1) is 12.2. The first kappa shape index (κ1) is 17.2. The fourth-order valence-corrected chi connectivity index (χ4v) is 5.87. The Morgan fingerprint density at radius 2 is 1.96 bits per heavy atom. The normalized spacial score (nSPS) is 23.4. The van der Waals surface area contributed by atoms with Gasteiger partial charge in [-0.3, -0.25) is 4.79 Å². The summed E-state index contributed by atoms with van der Waals surface area (Å²) in [5.74, 6) is 1.58. The Morgan fingerprint density at radius 1 is 1.20 bits per heavy atom. The van der Waals surface area contributed by atoms with Crippen LogP contribution >= 0.6 is 22.9 Å². The van der Waals surface area contributed by atoms with Crippen molar-refractivity contribution in [2.24, 2.45) is 5.92 Å². The van der Waals surface area contributed by atoms with Crippen molar-refractivity contribution in [2.75, 3.05) is 7.11 Å². The van der Waals surface area contributed by atoms with Gasteiger partial charge in [0.1, 0.15) is 15.8 Å². The number of nitrogens with zero attached hydrogens (tertiary/aromatic N) is 2. The molecule has 4 rings (SSSR count). The van der Waals surface area contributed by atoms with E-state index in [9.17, 15) is 4.79 Å². The number of esters is 1. The molecule has 0 bridgehead atoms. The highest BCUT2D eigenvalue weighted by Crippen LogP contribution is 2.41. The predicted octanol–water partition coefficient (Wildman–Crippen LogP) is 5.06. The molecule has 0 atom stereocenters. The number of aryl methyl sites for hydroxylation is 2. The van der Waals surface area contributed by atoms with Gasteiger partial charge in [0.25, 0.3) is 0 Å². The summed E-state index contributed by atoms with van der Waals surface area (Å²) >= 11 is 8.38. The van der Waals surface area contributed by atoms with Crippen molar-refractivity contribution < 1.29 is 9.53 Å². The summed E-state index contributed by atoms with van der Waals surface area (Å²) in [7, 11) is 1.46. The third kappa shape index (κ3) is 3.41. The minimum Gasteiger partial charge on any atom is -0.469 e.